The molecule has 2 aromatic rings. The predicted octanol–water partition coefficient (Wildman–Crippen LogP) is 3.07. The summed E-state index contributed by atoms with van der Waals surface area (Å²) >= 11 is 5.78. The molecule has 2 rings (SSSR count). The van der Waals surface area contributed by atoms with E-state index in [1.165, 1.54) is 7.11 Å². The zero-order chi connectivity index (χ0) is 14.4. The minimum Gasteiger partial charge on any atom is -0.476 e. The maximum atomic E-state index is 11.9. The number of hydrogen-bond acceptors (Lipinski definition) is 4. The first-order chi connectivity index (χ1) is 9.70. The standard InChI is InChI=1S/C15H14ClNO3/c1-19-15(18)12(11-6-3-2-4-7-11)10-20-14-9-5-8-13(16)17-14/h2-9,12H,10H2,1H3. The molecule has 0 aliphatic heterocycles. The van der Waals surface area contributed by atoms with Crippen molar-refractivity contribution in [3.8, 4) is 5.88 Å². The average molecular weight is 292 g/mol. The Morgan fingerprint density at radius 3 is 2.60 bits per heavy atom. The van der Waals surface area contributed by atoms with E-state index in [0.717, 1.165) is 5.56 Å². The van der Waals surface area contributed by atoms with Crippen LogP contribution in [0, 0.1) is 0 Å². The van der Waals surface area contributed by atoms with Gasteiger partial charge in [0.15, 0.2) is 0 Å². The highest BCUT2D eigenvalue weighted by atomic mass is 35.5. The molecule has 0 radical (unpaired) electrons. The van der Waals surface area contributed by atoms with Crippen LogP contribution in [0.15, 0.2) is 48.5 Å². The van der Waals surface area contributed by atoms with Crippen LogP contribution < -0.4 is 4.74 Å². The van der Waals surface area contributed by atoms with Crippen molar-refractivity contribution < 1.29 is 14.3 Å². The number of pyridine rings is 1. The fourth-order valence-electron chi connectivity index (χ4n) is 1.77. The fraction of sp³-hybridized carbons (Fsp3) is 0.200. The van der Waals surface area contributed by atoms with Crippen LogP contribution in [-0.4, -0.2) is 24.7 Å². The number of halogens is 1. The van der Waals surface area contributed by atoms with Crippen LogP contribution in [0.3, 0.4) is 0 Å². The Balaban J connectivity index is 2.11. The lowest BCUT2D eigenvalue weighted by Crippen LogP contribution is -2.21. The van der Waals surface area contributed by atoms with Gasteiger partial charge < -0.3 is 9.47 Å². The molecule has 1 aromatic carbocycles. The van der Waals surface area contributed by atoms with E-state index < -0.39 is 5.92 Å². The molecule has 1 unspecified atom stereocenters. The highest BCUT2D eigenvalue weighted by molar-refractivity contribution is 6.29. The van der Waals surface area contributed by atoms with E-state index in [4.69, 9.17) is 21.1 Å². The van der Waals surface area contributed by atoms with Gasteiger partial charge in [-0.15, -0.1) is 0 Å². The number of ether oxygens (including phenoxy) is 2. The normalized spacial score (nSPS) is 11.7. The van der Waals surface area contributed by atoms with Crippen molar-refractivity contribution in [2.45, 2.75) is 5.92 Å². The first-order valence-electron chi connectivity index (χ1n) is 6.09. The van der Waals surface area contributed by atoms with Crippen molar-refractivity contribution in [2.24, 2.45) is 0 Å². The summed E-state index contributed by atoms with van der Waals surface area (Å²) in [5.74, 6) is -0.470. The lowest BCUT2D eigenvalue weighted by Gasteiger charge is -2.15. The quantitative estimate of drug-likeness (QED) is 0.627. The lowest BCUT2D eigenvalue weighted by molar-refractivity contribution is -0.143. The first-order valence-corrected chi connectivity index (χ1v) is 6.46. The van der Waals surface area contributed by atoms with Gasteiger partial charge >= 0.3 is 5.97 Å². The lowest BCUT2D eigenvalue weighted by atomic mass is 10.0. The summed E-state index contributed by atoms with van der Waals surface area (Å²) in [6, 6.07) is 14.4. The average Bonchev–Trinajstić information content (AvgIpc) is 2.48. The fourth-order valence-corrected chi connectivity index (χ4v) is 1.92. The van der Waals surface area contributed by atoms with Crippen LogP contribution in [0.2, 0.25) is 5.15 Å². The number of carbonyl (C=O) groups excluding carboxylic acids is 1. The van der Waals surface area contributed by atoms with Gasteiger partial charge in [0.05, 0.1) is 7.11 Å². The van der Waals surface area contributed by atoms with Crippen molar-refractivity contribution >= 4 is 17.6 Å². The minimum atomic E-state index is -0.498. The Morgan fingerprint density at radius 1 is 1.20 bits per heavy atom. The summed E-state index contributed by atoms with van der Waals surface area (Å²) in [5, 5.41) is 0.344. The Hall–Kier alpha value is -2.07. The molecule has 1 aromatic heterocycles. The summed E-state index contributed by atoms with van der Waals surface area (Å²) < 4.78 is 10.3. The van der Waals surface area contributed by atoms with E-state index in [1.54, 1.807) is 18.2 Å². The second-order valence-corrected chi connectivity index (χ2v) is 4.48. The third kappa shape index (κ3) is 3.71. The van der Waals surface area contributed by atoms with Crippen LogP contribution in [0.1, 0.15) is 11.5 Å². The molecule has 0 spiro atoms. The van der Waals surface area contributed by atoms with Gasteiger partial charge in [0.1, 0.15) is 17.7 Å². The maximum Gasteiger partial charge on any atom is 0.316 e. The highest BCUT2D eigenvalue weighted by Crippen LogP contribution is 2.19. The summed E-state index contributed by atoms with van der Waals surface area (Å²) in [4.78, 5) is 15.9. The van der Waals surface area contributed by atoms with Crippen LogP contribution in [0.25, 0.3) is 0 Å². The van der Waals surface area contributed by atoms with Gasteiger partial charge in [-0.3, -0.25) is 4.79 Å². The first kappa shape index (κ1) is 14.3. The van der Waals surface area contributed by atoms with Gasteiger partial charge in [0, 0.05) is 6.07 Å². The summed E-state index contributed by atoms with van der Waals surface area (Å²) in [5.41, 5.74) is 0.835. The van der Waals surface area contributed by atoms with Gasteiger partial charge in [0.2, 0.25) is 5.88 Å². The van der Waals surface area contributed by atoms with Crippen molar-refractivity contribution in [1.29, 1.82) is 0 Å². The zero-order valence-electron chi connectivity index (χ0n) is 11.0. The monoisotopic (exact) mass is 291 g/mol. The van der Waals surface area contributed by atoms with Crippen molar-refractivity contribution in [3.05, 3.63) is 59.2 Å². The molecule has 0 aliphatic carbocycles. The SMILES string of the molecule is COC(=O)C(COc1cccc(Cl)n1)c1ccccc1. The Bertz CT molecular complexity index is 574. The van der Waals surface area contributed by atoms with Gasteiger partial charge in [0.25, 0.3) is 0 Å². The van der Waals surface area contributed by atoms with Gasteiger partial charge in [-0.25, -0.2) is 4.98 Å². The van der Waals surface area contributed by atoms with Crippen LogP contribution in [0.4, 0.5) is 0 Å². The molecule has 5 heteroatoms. The maximum absolute atomic E-state index is 11.9. The van der Waals surface area contributed by atoms with Gasteiger partial charge in [-0.2, -0.15) is 0 Å². The van der Waals surface area contributed by atoms with E-state index in [9.17, 15) is 4.79 Å². The van der Waals surface area contributed by atoms with Crippen molar-refractivity contribution in [2.75, 3.05) is 13.7 Å². The van der Waals surface area contributed by atoms with Crippen LogP contribution in [-0.2, 0) is 9.53 Å². The number of carbonyl (C=O) groups is 1. The van der Waals surface area contributed by atoms with E-state index in [-0.39, 0.29) is 12.6 Å². The van der Waals surface area contributed by atoms with Crippen molar-refractivity contribution in [3.63, 3.8) is 0 Å². The molecule has 0 fully saturated rings. The Morgan fingerprint density at radius 2 is 1.95 bits per heavy atom. The van der Waals surface area contributed by atoms with Crippen LogP contribution >= 0.6 is 11.6 Å². The molecule has 0 saturated carbocycles. The molecular weight excluding hydrogens is 278 g/mol. The zero-order valence-corrected chi connectivity index (χ0v) is 11.7. The third-order valence-corrected chi connectivity index (χ3v) is 2.99. The third-order valence-electron chi connectivity index (χ3n) is 2.78. The number of benzene rings is 1. The highest BCUT2D eigenvalue weighted by Gasteiger charge is 2.22. The summed E-state index contributed by atoms with van der Waals surface area (Å²) in [6.07, 6.45) is 0. The van der Waals surface area contributed by atoms with Crippen LogP contribution in [0.5, 0.6) is 5.88 Å². The second-order valence-electron chi connectivity index (χ2n) is 4.10. The van der Waals surface area contributed by atoms with Gasteiger partial charge in [-0.1, -0.05) is 48.0 Å². The van der Waals surface area contributed by atoms with E-state index in [0.29, 0.717) is 11.0 Å². The van der Waals surface area contributed by atoms with E-state index in [1.807, 2.05) is 30.3 Å². The number of nitrogens with zero attached hydrogens (tertiary/aromatic N) is 1. The molecule has 0 amide bonds. The molecular formula is C15H14ClNO3. The summed E-state index contributed by atoms with van der Waals surface area (Å²) in [6.45, 7) is 0.143. The second kappa shape index (κ2) is 6.91. The number of hydrogen-bond donors (Lipinski definition) is 0. The molecule has 1 heterocycles. The molecule has 0 saturated heterocycles. The van der Waals surface area contributed by atoms with E-state index in [2.05, 4.69) is 4.98 Å². The Labute approximate surface area is 122 Å². The Kier molecular flexibility index (Phi) is 4.96. The largest absolute Gasteiger partial charge is 0.476 e. The predicted molar refractivity (Wildman–Crippen MR) is 75.9 cm³/mol. The molecule has 0 aliphatic rings. The number of esters is 1. The van der Waals surface area contributed by atoms with E-state index >= 15 is 0 Å². The molecule has 0 bridgehead atoms. The van der Waals surface area contributed by atoms with Gasteiger partial charge in [-0.05, 0) is 11.6 Å². The number of aromatic nitrogens is 1. The molecule has 1 atom stereocenters. The van der Waals surface area contributed by atoms with Crippen molar-refractivity contribution in [1.82, 2.24) is 4.98 Å². The molecule has 104 valence electrons. The summed E-state index contributed by atoms with van der Waals surface area (Å²) in [7, 11) is 1.36. The molecule has 4 nitrogen and oxygen atoms in total. The minimum absolute atomic E-state index is 0.143. The molecule has 20 heavy (non-hydrogen) atoms. The smallest absolute Gasteiger partial charge is 0.316 e. The number of methoxy groups -OCH3 is 1. The molecule has 0 N–H and O–H groups in total. The topological polar surface area (TPSA) is 48.4 Å². The number of rotatable bonds is 5.